The maximum absolute atomic E-state index is 12.9. The second-order valence-corrected chi connectivity index (χ2v) is 5.01. The summed E-state index contributed by atoms with van der Waals surface area (Å²) in [6, 6.07) is 6.92. The van der Waals surface area contributed by atoms with Crippen molar-refractivity contribution in [1.82, 2.24) is 15.1 Å². The van der Waals surface area contributed by atoms with Gasteiger partial charge in [-0.2, -0.15) is 5.10 Å². The maximum Gasteiger partial charge on any atom is 0.123 e. The molecule has 3 nitrogen and oxygen atoms in total. The fourth-order valence-corrected chi connectivity index (χ4v) is 2.24. The van der Waals surface area contributed by atoms with Gasteiger partial charge in [0.2, 0.25) is 0 Å². The van der Waals surface area contributed by atoms with Gasteiger partial charge in [-0.3, -0.25) is 4.68 Å². The molecule has 0 saturated heterocycles. The molecule has 20 heavy (non-hydrogen) atoms. The predicted molar refractivity (Wildman–Crippen MR) is 79.1 cm³/mol. The SMILES string of the molecule is CCCNC(CC)c1cnn(Cc2ccc(F)cc2)c1. The lowest BCUT2D eigenvalue weighted by Crippen LogP contribution is -2.21. The summed E-state index contributed by atoms with van der Waals surface area (Å²) in [6.07, 6.45) is 6.16. The van der Waals surface area contributed by atoms with Crippen molar-refractivity contribution >= 4 is 0 Å². The predicted octanol–water partition coefficient (Wildman–Crippen LogP) is 3.52. The number of aromatic nitrogens is 2. The normalized spacial score (nSPS) is 12.6. The van der Waals surface area contributed by atoms with Crippen LogP contribution < -0.4 is 5.32 Å². The Morgan fingerprint density at radius 1 is 1.25 bits per heavy atom. The highest BCUT2D eigenvalue weighted by Crippen LogP contribution is 2.16. The van der Waals surface area contributed by atoms with Crippen molar-refractivity contribution in [2.75, 3.05) is 6.54 Å². The topological polar surface area (TPSA) is 29.9 Å². The minimum absolute atomic E-state index is 0.204. The van der Waals surface area contributed by atoms with E-state index < -0.39 is 0 Å². The lowest BCUT2D eigenvalue weighted by molar-refractivity contribution is 0.517. The molecule has 0 bridgehead atoms. The van der Waals surface area contributed by atoms with Crippen molar-refractivity contribution in [3.8, 4) is 0 Å². The van der Waals surface area contributed by atoms with Crippen LogP contribution in [0.1, 0.15) is 43.9 Å². The fraction of sp³-hybridized carbons (Fsp3) is 0.438. The van der Waals surface area contributed by atoms with Crippen LogP contribution in [0, 0.1) is 5.82 Å². The van der Waals surface area contributed by atoms with Gasteiger partial charge in [0.15, 0.2) is 0 Å². The van der Waals surface area contributed by atoms with E-state index in [1.807, 2.05) is 10.9 Å². The molecule has 0 radical (unpaired) electrons. The Kier molecular flexibility index (Phi) is 5.30. The largest absolute Gasteiger partial charge is 0.310 e. The number of benzene rings is 1. The molecule has 2 rings (SSSR count). The van der Waals surface area contributed by atoms with E-state index in [9.17, 15) is 4.39 Å². The molecule has 0 aliphatic carbocycles. The van der Waals surface area contributed by atoms with Crippen LogP contribution in [0.5, 0.6) is 0 Å². The second kappa shape index (κ2) is 7.20. The van der Waals surface area contributed by atoms with Crippen molar-refractivity contribution in [3.63, 3.8) is 0 Å². The molecular formula is C16H22FN3. The van der Waals surface area contributed by atoms with Crippen LogP contribution in [0.2, 0.25) is 0 Å². The molecule has 1 unspecified atom stereocenters. The number of hydrogen-bond donors (Lipinski definition) is 1. The van der Waals surface area contributed by atoms with Gasteiger partial charge in [-0.1, -0.05) is 26.0 Å². The zero-order chi connectivity index (χ0) is 14.4. The summed E-state index contributed by atoms with van der Waals surface area (Å²) < 4.78 is 14.8. The third-order valence-corrected chi connectivity index (χ3v) is 3.36. The average Bonchev–Trinajstić information content (AvgIpc) is 2.91. The Hall–Kier alpha value is -1.68. The molecule has 1 N–H and O–H groups in total. The number of halogens is 1. The zero-order valence-electron chi connectivity index (χ0n) is 12.1. The van der Waals surface area contributed by atoms with Gasteiger partial charge < -0.3 is 5.32 Å². The third kappa shape index (κ3) is 3.90. The monoisotopic (exact) mass is 275 g/mol. The molecule has 0 aliphatic heterocycles. The van der Waals surface area contributed by atoms with E-state index in [1.54, 1.807) is 12.1 Å². The fourth-order valence-electron chi connectivity index (χ4n) is 2.24. The average molecular weight is 275 g/mol. The molecule has 0 spiro atoms. The Balaban J connectivity index is 2.02. The van der Waals surface area contributed by atoms with E-state index in [4.69, 9.17) is 0 Å². The molecular weight excluding hydrogens is 253 g/mol. The highest BCUT2D eigenvalue weighted by atomic mass is 19.1. The van der Waals surface area contributed by atoms with Crippen molar-refractivity contribution in [1.29, 1.82) is 0 Å². The molecule has 1 aromatic carbocycles. The van der Waals surface area contributed by atoms with Crippen molar-refractivity contribution in [2.45, 2.75) is 39.3 Å². The van der Waals surface area contributed by atoms with Gasteiger partial charge in [0.05, 0.1) is 12.7 Å². The van der Waals surface area contributed by atoms with Crippen LogP contribution >= 0.6 is 0 Å². The molecule has 1 heterocycles. The van der Waals surface area contributed by atoms with Crippen molar-refractivity contribution in [3.05, 3.63) is 53.6 Å². The number of nitrogens with zero attached hydrogens (tertiary/aromatic N) is 2. The van der Waals surface area contributed by atoms with Gasteiger partial charge in [0, 0.05) is 17.8 Å². The third-order valence-electron chi connectivity index (χ3n) is 3.36. The Bertz CT molecular complexity index is 519. The van der Waals surface area contributed by atoms with E-state index >= 15 is 0 Å². The van der Waals surface area contributed by atoms with E-state index in [0.717, 1.165) is 24.9 Å². The number of rotatable bonds is 7. The van der Waals surface area contributed by atoms with Gasteiger partial charge >= 0.3 is 0 Å². The minimum Gasteiger partial charge on any atom is -0.310 e. The zero-order valence-corrected chi connectivity index (χ0v) is 12.1. The summed E-state index contributed by atoms with van der Waals surface area (Å²) in [5, 5.41) is 7.91. The number of nitrogens with one attached hydrogen (secondary N) is 1. The lowest BCUT2D eigenvalue weighted by atomic mass is 10.1. The van der Waals surface area contributed by atoms with E-state index in [-0.39, 0.29) is 5.82 Å². The van der Waals surface area contributed by atoms with Gasteiger partial charge in [0.1, 0.15) is 5.82 Å². The molecule has 0 fully saturated rings. The van der Waals surface area contributed by atoms with E-state index in [0.29, 0.717) is 12.6 Å². The first-order valence-electron chi connectivity index (χ1n) is 7.23. The van der Waals surface area contributed by atoms with Crippen molar-refractivity contribution in [2.24, 2.45) is 0 Å². The van der Waals surface area contributed by atoms with Crippen LogP contribution in [-0.2, 0) is 6.54 Å². The molecule has 108 valence electrons. The van der Waals surface area contributed by atoms with Crippen LogP contribution in [0.4, 0.5) is 4.39 Å². The summed E-state index contributed by atoms with van der Waals surface area (Å²) in [5.41, 5.74) is 2.26. The molecule has 0 aliphatic rings. The Labute approximate surface area is 119 Å². The molecule has 4 heteroatoms. The molecule has 1 atom stereocenters. The summed E-state index contributed by atoms with van der Waals surface area (Å²) in [5.74, 6) is -0.204. The van der Waals surface area contributed by atoms with Gasteiger partial charge in [-0.25, -0.2) is 4.39 Å². The Morgan fingerprint density at radius 2 is 2.00 bits per heavy atom. The quantitative estimate of drug-likeness (QED) is 0.838. The summed E-state index contributed by atoms with van der Waals surface area (Å²) >= 11 is 0. The van der Waals surface area contributed by atoms with Gasteiger partial charge in [-0.15, -0.1) is 0 Å². The van der Waals surface area contributed by atoms with E-state index in [1.165, 1.54) is 17.7 Å². The smallest absolute Gasteiger partial charge is 0.123 e. The maximum atomic E-state index is 12.9. The molecule has 0 amide bonds. The first-order chi connectivity index (χ1) is 9.72. The minimum atomic E-state index is -0.204. The summed E-state index contributed by atoms with van der Waals surface area (Å²) in [4.78, 5) is 0. The summed E-state index contributed by atoms with van der Waals surface area (Å²) in [6.45, 7) is 6.02. The first kappa shape index (κ1) is 14.7. The van der Waals surface area contributed by atoms with Crippen LogP contribution in [0.25, 0.3) is 0 Å². The van der Waals surface area contributed by atoms with E-state index in [2.05, 4.69) is 30.5 Å². The molecule has 1 aromatic heterocycles. The summed E-state index contributed by atoms with van der Waals surface area (Å²) in [7, 11) is 0. The van der Waals surface area contributed by atoms with Crippen molar-refractivity contribution < 1.29 is 4.39 Å². The van der Waals surface area contributed by atoms with Gasteiger partial charge in [0.25, 0.3) is 0 Å². The number of hydrogen-bond acceptors (Lipinski definition) is 2. The lowest BCUT2D eigenvalue weighted by Gasteiger charge is -2.14. The highest BCUT2D eigenvalue weighted by molar-refractivity contribution is 5.17. The van der Waals surface area contributed by atoms with Crippen LogP contribution in [-0.4, -0.2) is 16.3 Å². The standard InChI is InChI=1S/C16H22FN3/c1-3-9-18-16(4-2)14-10-19-20(12-14)11-13-5-7-15(17)8-6-13/h5-8,10,12,16,18H,3-4,9,11H2,1-2H3. The van der Waals surface area contributed by atoms with Crippen LogP contribution in [0.3, 0.4) is 0 Å². The van der Waals surface area contributed by atoms with Gasteiger partial charge in [-0.05, 0) is 37.1 Å². The molecule has 0 saturated carbocycles. The highest BCUT2D eigenvalue weighted by Gasteiger charge is 2.10. The first-order valence-corrected chi connectivity index (χ1v) is 7.23. The molecule has 2 aromatic rings. The van der Waals surface area contributed by atoms with Crippen LogP contribution in [0.15, 0.2) is 36.7 Å². The second-order valence-electron chi connectivity index (χ2n) is 5.01. The Morgan fingerprint density at radius 3 is 2.65 bits per heavy atom.